The van der Waals surface area contributed by atoms with Gasteiger partial charge in [-0.2, -0.15) is 0 Å². The molecule has 2 saturated heterocycles. The molecular weight excluding hydrogens is 318 g/mol. The number of hydrogen-bond donors (Lipinski definition) is 2. The van der Waals surface area contributed by atoms with Gasteiger partial charge in [0.2, 0.25) is 11.8 Å². The molecule has 2 fully saturated rings. The third kappa shape index (κ3) is 2.74. The van der Waals surface area contributed by atoms with Gasteiger partial charge in [-0.1, -0.05) is 12.1 Å². The van der Waals surface area contributed by atoms with Crippen molar-refractivity contribution in [2.24, 2.45) is 0 Å². The van der Waals surface area contributed by atoms with Crippen LogP contribution in [0.3, 0.4) is 0 Å². The zero-order valence-electron chi connectivity index (χ0n) is 14.4. The summed E-state index contributed by atoms with van der Waals surface area (Å²) in [7, 11) is 0. The third-order valence-corrected chi connectivity index (χ3v) is 5.76. The summed E-state index contributed by atoms with van der Waals surface area (Å²) in [4.78, 5) is 38.1. The van der Waals surface area contributed by atoms with Gasteiger partial charge < -0.3 is 10.2 Å². The normalized spacial score (nSPS) is 27.4. The van der Waals surface area contributed by atoms with Crippen molar-refractivity contribution >= 4 is 17.7 Å². The lowest BCUT2D eigenvalue weighted by molar-refractivity contribution is -0.137. The monoisotopic (exact) mass is 341 g/mol. The number of benzene rings is 1. The van der Waals surface area contributed by atoms with Crippen molar-refractivity contribution in [3.05, 3.63) is 34.9 Å². The minimum Gasteiger partial charge on any atom is -0.320 e. The first-order valence-electron chi connectivity index (χ1n) is 9.07. The molecule has 3 amide bonds. The summed E-state index contributed by atoms with van der Waals surface area (Å²) in [6.45, 7) is 4.02. The Hall–Kier alpha value is -2.21. The molecule has 0 unspecified atom stereocenters. The molecule has 2 atom stereocenters. The molecule has 0 aromatic heterocycles. The molecule has 0 radical (unpaired) electrons. The molecule has 25 heavy (non-hydrogen) atoms. The zero-order chi connectivity index (χ0) is 17.6. The van der Waals surface area contributed by atoms with Crippen molar-refractivity contribution in [3.63, 3.8) is 0 Å². The molecule has 1 aromatic carbocycles. The third-order valence-electron chi connectivity index (χ3n) is 5.76. The fraction of sp³-hybridized carbons (Fsp3) is 0.526. The first-order valence-corrected chi connectivity index (χ1v) is 9.07. The molecule has 0 aliphatic carbocycles. The lowest BCUT2D eigenvalue weighted by Crippen LogP contribution is -2.53. The Labute approximate surface area is 147 Å². The summed E-state index contributed by atoms with van der Waals surface area (Å²) >= 11 is 0. The molecule has 4 rings (SSSR count). The topological polar surface area (TPSA) is 78.5 Å². The summed E-state index contributed by atoms with van der Waals surface area (Å²) in [6.07, 6.45) is 2.90. The zero-order valence-corrected chi connectivity index (χ0v) is 14.4. The van der Waals surface area contributed by atoms with Gasteiger partial charge in [0.15, 0.2) is 0 Å². The minimum atomic E-state index is -0.560. The van der Waals surface area contributed by atoms with E-state index in [9.17, 15) is 14.4 Å². The number of carbonyl (C=O) groups is 3. The van der Waals surface area contributed by atoms with Crippen molar-refractivity contribution in [3.8, 4) is 0 Å². The Bertz CT molecular complexity index is 739. The molecule has 2 N–H and O–H groups in total. The minimum absolute atomic E-state index is 0.103. The second-order valence-corrected chi connectivity index (χ2v) is 7.23. The highest BCUT2D eigenvalue weighted by Gasteiger charge is 2.43. The number of fused-ring (bicyclic) bond motifs is 1. The SMILES string of the molecule is C[C@@H]1c2cc(C3CCNCC3)ccc2C(=O)N1[C@H]1CCC(=O)NC1=O. The molecule has 3 heterocycles. The fourth-order valence-electron chi connectivity index (χ4n) is 4.35. The predicted octanol–water partition coefficient (Wildman–Crippen LogP) is 1.48. The smallest absolute Gasteiger partial charge is 0.255 e. The van der Waals surface area contributed by atoms with Crippen LogP contribution in [0.2, 0.25) is 0 Å². The molecule has 132 valence electrons. The summed E-state index contributed by atoms with van der Waals surface area (Å²) < 4.78 is 0. The van der Waals surface area contributed by atoms with E-state index in [1.165, 1.54) is 5.56 Å². The van der Waals surface area contributed by atoms with E-state index < -0.39 is 6.04 Å². The van der Waals surface area contributed by atoms with Crippen molar-refractivity contribution in [1.29, 1.82) is 0 Å². The van der Waals surface area contributed by atoms with Crippen molar-refractivity contribution in [1.82, 2.24) is 15.5 Å². The number of hydrogen-bond acceptors (Lipinski definition) is 4. The molecule has 0 bridgehead atoms. The fourth-order valence-corrected chi connectivity index (χ4v) is 4.35. The second kappa shape index (κ2) is 6.26. The van der Waals surface area contributed by atoms with Gasteiger partial charge in [-0.25, -0.2) is 0 Å². The van der Waals surface area contributed by atoms with Crippen LogP contribution in [0.1, 0.15) is 66.1 Å². The van der Waals surface area contributed by atoms with E-state index in [0.29, 0.717) is 17.9 Å². The molecule has 1 aromatic rings. The molecule has 0 saturated carbocycles. The molecule has 3 aliphatic heterocycles. The summed E-state index contributed by atoms with van der Waals surface area (Å²) in [5.41, 5.74) is 2.98. The van der Waals surface area contributed by atoms with Gasteiger partial charge in [-0.15, -0.1) is 0 Å². The van der Waals surface area contributed by atoms with Crippen LogP contribution in [0.5, 0.6) is 0 Å². The van der Waals surface area contributed by atoms with E-state index in [4.69, 9.17) is 0 Å². The van der Waals surface area contributed by atoms with Crippen LogP contribution in [-0.4, -0.2) is 41.8 Å². The maximum atomic E-state index is 12.9. The first kappa shape index (κ1) is 16.3. The number of amides is 3. The Morgan fingerprint density at radius 3 is 2.56 bits per heavy atom. The van der Waals surface area contributed by atoms with Crippen molar-refractivity contribution in [2.75, 3.05) is 13.1 Å². The second-order valence-electron chi connectivity index (χ2n) is 7.23. The van der Waals surface area contributed by atoms with Gasteiger partial charge in [0.1, 0.15) is 6.04 Å². The highest BCUT2D eigenvalue weighted by Crippen LogP contribution is 2.38. The van der Waals surface area contributed by atoms with Crippen molar-refractivity contribution in [2.45, 2.75) is 50.6 Å². The summed E-state index contributed by atoms with van der Waals surface area (Å²) in [5, 5.41) is 5.74. The molecule has 6 nitrogen and oxygen atoms in total. The number of nitrogens with zero attached hydrogens (tertiary/aromatic N) is 1. The summed E-state index contributed by atoms with van der Waals surface area (Å²) in [5.74, 6) is -0.193. The van der Waals surface area contributed by atoms with E-state index in [1.54, 1.807) is 4.90 Å². The average molecular weight is 341 g/mol. The van der Waals surface area contributed by atoms with E-state index in [0.717, 1.165) is 31.5 Å². The Kier molecular flexibility index (Phi) is 4.07. The number of carbonyl (C=O) groups excluding carboxylic acids is 3. The quantitative estimate of drug-likeness (QED) is 0.799. The van der Waals surface area contributed by atoms with E-state index >= 15 is 0 Å². The predicted molar refractivity (Wildman–Crippen MR) is 92.0 cm³/mol. The van der Waals surface area contributed by atoms with Gasteiger partial charge in [-0.3, -0.25) is 19.7 Å². The maximum absolute atomic E-state index is 12.9. The van der Waals surface area contributed by atoms with Gasteiger partial charge in [0, 0.05) is 12.0 Å². The van der Waals surface area contributed by atoms with Crippen LogP contribution < -0.4 is 10.6 Å². The van der Waals surface area contributed by atoms with Crippen LogP contribution >= 0.6 is 0 Å². The highest BCUT2D eigenvalue weighted by atomic mass is 16.2. The highest BCUT2D eigenvalue weighted by molar-refractivity contribution is 6.05. The Balaban J connectivity index is 1.62. The van der Waals surface area contributed by atoms with E-state index in [1.807, 2.05) is 13.0 Å². The van der Waals surface area contributed by atoms with Gasteiger partial charge in [0.05, 0.1) is 6.04 Å². The Morgan fingerprint density at radius 1 is 1.08 bits per heavy atom. The Morgan fingerprint density at radius 2 is 1.84 bits per heavy atom. The molecule has 0 spiro atoms. The lowest BCUT2D eigenvalue weighted by Gasteiger charge is -2.33. The molecule has 3 aliphatic rings. The van der Waals surface area contributed by atoms with Crippen LogP contribution in [0, 0.1) is 0 Å². The van der Waals surface area contributed by atoms with Gasteiger partial charge in [-0.05, 0) is 62.4 Å². The number of imide groups is 1. The standard InChI is InChI=1S/C19H23N3O3/c1-11-15-10-13(12-6-8-20-9-7-12)2-3-14(15)19(25)22(11)16-4-5-17(23)21-18(16)24/h2-3,10-12,16,20H,4-9H2,1H3,(H,21,23,24)/t11-,16+/m1/s1. The van der Waals surface area contributed by atoms with Crippen LogP contribution in [0.15, 0.2) is 18.2 Å². The number of piperidine rings is 2. The molecular formula is C19H23N3O3. The average Bonchev–Trinajstić information content (AvgIpc) is 2.87. The lowest BCUT2D eigenvalue weighted by atomic mass is 9.88. The molecule has 6 heteroatoms. The number of nitrogens with one attached hydrogen (secondary N) is 2. The van der Waals surface area contributed by atoms with Gasteiger partial charge >= 0.3 is 0 Å². The van der Waals surface area contributed by atoms with E-state index in [-0.39, 0.29) is 30.2 Å². The number of rotatable bonds is 2. The van der Waals surface area contributed by atoms with Crippen LogP contribution in [0.25, 0.3) is 0 Å². The van der Waals surface area contributed by atoms with Crippen LogP contribution in [-0.2, 0) is 9.59 Å². The summed E-state index contributed by atoms with van der Waals surface area (Å²) in [6, 6.07) is 5.42. The maximum Gasteiger partial charge on any atom is 0.255 e. The van der Waals surface area contributed by atoms with E-state index in [2.05, 4.69) is 22.8 Å². The first-order chi connectivity index (χ1) is 12.1. The van der Waals surface area contributed by atoms with Crippen molar-refractivity contribution < 1.29 is 14.4 Å². The van der Waals surface area contributed by atoms with Crippen LogP contribution in [0.4, 0.5) is 0 Å². The van der Waals surface area contributed by atoms with Gasteiger partial charge in [0.25, 0.3) is 5.91 Å². The largest absolute Gasteiger partial charge is 0.320 e.